The minimum Gasteiger partial charge on any atom is -0.480 e. The van der Waals surface area contributed by atoms with Crippen molar-refractivity contribution in [1.82, 2.24) is 25.2 Å². The maximum absolute atomic E-state index is 11.1. The van der Waals surface area contributed by atoms with Gasteiger partial charge in [-0.25, -0.2) is 0 Å². The van der Waals surface area contributed by atoms with E-state index < -0.39 is 5.97 Å². The Labute approximate surface area is 153 Å². The molecule has 4 rings (SSSR count). The molecule has 0 spiro atoms. The summed E-state index contributed by atoms with van der Waals surface area (Å²) in [6.45, 7) is 1.79. The van der Waals surface area contributed by atoms with Gasteiger partial charge in [0.2, 0.25) is 0 Å². The molecule has 7 heteroatoms. The van der Waals surface area contributed by atoms with Gasteiger partial charge in [-0.05, 0) is 43.7 Å². The van der Waals surface area contributed by atoms with Crippen molar-refractivity contribution in [2.75, 3.05) is 13.1 Å². The van der Waals surface area contributed by atoms with Gasteiger partial charge in [-0.15, -0.1) is 0 Å². The van der Waals surface area contributed by atoms with Crippen LogP contribution in [0.5, 0.6) is 0 Å². The largest absolute Gasteiger partial charge is 0.480 e. The number of benzene rings is 1. The van der Waals surface area contributed by atoms with Gasteiger partial charge in [0, 0.05) is 25.2 Å². The summed E-state index contributed by atoms with van der Waals surface area (Å²) in [4.78, 5) is 14.9. The molecule has 0 radical (unpaired) electrons. The lowest BCUT2D eigenvalue weighted by molar-refractivity contribution is -0.139. The Kier molecular flexibility index (Phi) is 4.99. The van der Waals surface area contributed by atoms with Crippen molar-refractivity contribution in [2.24, 2.45) is 5.92 Å². The standard InChI is InChI=1S/C19H25N5O2/c25-19(26)13-23(12-14-6-7-14)18-8-15(9-18)20-10-16-11-21-24(22-16)17-4-2-1-3-5-17/h1-5,11,14-15,18,20H,6-10,12-13H2,(H,25,26). The highest BCUT2D eigenvalue weighted by atomic mass is 16.4. The lowest BCUT2D eigenvalue weighted by atomic mass is 9.85. The third kappa shape index (κ3) is 4.28. The Hall–Kier alpha value is -2.25. The number of carboxylic acids is 1. The van der Waals surface area contributed by atoms with E-state index in [1.165, 1.54) is 12.8 Å². The highest BCUT2D eigenvalue weighted by Crippen LogP contribution is 2.33. The van der Waals surface area contributed by atoms with E-state index in [-0.39, 0.29) is 6.54 Å². The third-order valence-electron chi connectivity index (χ3n) is 5.26. The first kappa shape index (κ1) is 17.2. The van der Waals surface area contributed by atoms with Crippen LogP contribution in [0.15, 0.2) is 36.5 Å². The van der Waals surface area contributed by atoms with Crippen LogP contribution in [-0.4, -0.2) is 56.1 Å². The van der Waals surface area contributed by atoms with Gasteiger partial charge in [0.15, 0.2) is 0 Å². The number of carbonyl (C=O) groups is 1. The molecule has 2 aliphatic carbocycles. The topological polar surface area (TPSA) is 83.3 Å². The maximum atomic E-state index is 11.1. The molecule has 2 aromatic rings. The molecule has 138 valence electrons. The fourth-order valence-corrected chi connectivity index (χ4v) is 3.51. The predicted octanol–water partition coefficient (Wildman–Crippen LogP) is 1.68. The minimum atomic E-state index is -0.723. The molecule has 2 saturated carbocycles. The molecule has 2 fully saturated rings. The van der Waals surface area contributed by atoms with E-state index in [0.29, 0.717) is 18.6 Å². The quantitative estimate of drug-likeness (QED) is 0.712. The molecule has 7 nitrogen and oxygen atoms in total. The zero-order valence-corrected chi connectivity index (χ0v) is 14.8. The summed E-state index contributed by atoms with van der Waals surface area (Å²) in [5.74, 6) is -0.00558. The first-order chi connectivity index (χ1) is 12.7. The molecular weight excluding hydrogens is 330 g/mol. The summed E-state index contributed by atoms with van der Waals surface area (Å²) in [7, 11) is 0. The minimum absolute atomic E-state index is 0.166. The van der Waals surface area contributed by atoms with E-state index in [9.17, 15) is 4.79 Å². The number of hydrogen-bond donors (Lipinski definition) is 2. The van der Waals surface area contributed by atoms with Crippen molar-refractivity contribution >= 4 is 5.97 Å². The molecule has 2 aliphatic rings. The van der Waals surface area contributed by atoms with Gasteiger partial charge >= 0.3 is 5.97 Å². The average Bonchev–Trinajstić information content (AvgIpc) is 3.28. The summed E-state index contributed by atoms with van der Waals surface area (Å²) in [5, 5.41) is 21.5. The Morgan fingerprint density at radius 1 is 1.27 bits per heavy atom. The first-order valence-electron chi connectivity index (χ1n) is 9.33. The van der Waals surface area contributed by atoms with Crippen LogP contribution in [-0.2, 0) is 11.3 Å². The second kappa shape index (κ2) is 7.55. The second-order valence-electron chi connectivity index (χ2n) is 7.43. The van der Waals surface area contributed by atoms with E-state index in [1.54, 1.807) is 11.0 Å². The van der Waals surface area contributed by atoms with Crippen LogP contribution in [0.25, 0.3) is 5.69 Å². The van der Waals surface area contributed by atoms with Crippen LogP contribution in [0, 0.1) is 5.92 Å². The highest BCUT2D eigenvalue weighted by Gasteiger charge is 2.36. The zero-order valence-electron chi connectivity index (χ0n) is 14.8. The first-order valence-corrected chi connectivity index (χ1v) is 9.33. The molecule has 2 N–H and O–H groups in total. The van der Waals surface area contributed by atoms with Crippen LogP contribution < -0.4 is 5.32 Å². The SMILES string of the molecule is O=C(O)CN(CC1CC1)C1CC(NCc2cnn(-c3ccccc3)n2)C1. The van der Waals surface area contributed by atoms with Gasteiger partial charge in [-0.1, -0.05) is 18.2 Å². The molecule has 0 atom stereocenters. The fourth-order valence-electron chi connectivity index (χ4n) is 3.51. The molecule has 0 saturated heterocycles. The second-order valence-corrected chi connectivity index (χ2v) is 7.43. The van der Waals surface area contributed by atoms with E-state index in [2.05, 4.69) is 20.4 Å². The smallest absolute Gasteiger partial charge is 0.317 e. The molecule has 0 unspecified atom stereocenters. The van der Waals surface area contributed by atoms with Crippen LogP contribution in [0.3, 0.4) is 0 Å². The van der Waals surface area contributed by atoms with Crippen molar-refractivity contribution in [3.63, 3.8) is 0 Å². The Morgan fingerprint density at radius 2 is 2.04 bits per heavy atom. The van der Waals surface area contributed by atoms with E-state index in [0.717, 1.165) is 36.7 Å². The van der Waals surface area contributed by atoms with Crippen LogP contribution in [0.2, 0.25) is 0 Å². The van der Waals surface area contributed by atoms with E-state index >= 15 is 0 Å². The molecule has 26 heavy (non-hydrogen) atoms. The van der Waals surface area contributed by atoms with Gasteiger partial charge in [0.25, 0.3) is 0 Å². The Balaban J connectivity index is 1.24. The third-order valence-corrected chi connectivity index (χ3v) is 5.26. The highest BCUT2D eigenvalue weighted by molar-refractivity contribution is 5.69. The number of para-hydroxylation sites is 1. The van der Waals surface area contributed by atoms with Crippen molar-refractivity contribution < 1.29 is 9.90 Å². The van der Waals surface area contributed by atoms with Crippen LogP contribution in [0.4, 0.5) is 0 Å². The summed E-state index contributed by atoms with van der Waals surface area (Å²) < 4.78 is 0. The average molecular weight is 355 g/mol. The van der Waals surface area contributed by atoms with Crippen LogP contribution >= 0.6 is 0 Å². The normalized spacial score (nSPS) is 22.3. The molecule has 1 aromatic heterocycles. The Bertz CT molecular complexity index is 737. The van der Waals surface area contributed by atoms with Crippen molar-refractivity contribution in [2.45, 2.75) is 44.3 Å². The van der Waals surface area contributed by atoms with E-state index in [4.69, 9.17) is 5.11 Å². The number of aromatic nitrogens is 3. The summed E-state index contributed by atoms with van der Waals surface area (Å²) in [6, 6.07) is 10.7. The number of nitrogens with one attached hydrogen (secondary N) is 1. The Morgan fingerprint density at radius 3 is 2.73 bits per heavy atom. The summed E-state index contributed by atoms with van der Waals surface area (Å²) in [6.07, 6.45) is 6.31. The van der Waals surface area contributed by atoms with Gasteiger partial charge in [-0.2, -0.15) is 15.0 Å². The molecule has 0 aliphatic heterocycles. The van der Waals surface area contributed by atoms with Crippen molar-refractivity contribution in [3.05, 3.63) is 42.2 Å². The number of rotatable bonds is 9. The zero-order chi connectivity index (χ0) is 17.9. The van der Waals surface area contributed by atoms with Gasteiger partial charge in [0.05, 0.1) is 24.1 Å². The number of hydrogen-bond acceptors (Lipinski definition) is 5. The number of carboxylic acid groups (broad SMARTS) is 1. The number of nitrogens with zero attached hydrogens (tertiary/aromatic N) is 4. The van der Waals surface area contributed by atoms with Gasteiger partial charge in [0.1, 0.15) is 0 Å². The fraction of sp³-hybridized carbons (Fsp3) is 0.526. The van der Waals surface area contributed by atoms with Gasteiger partial charge in [-0.3, -0.25) is 9.69 Å². The van der Waals surface area contributed by atoms with E-state index in [1.807, 2.05) is 30.3 Å². The summed E-state index contributed by atoms with van der Waals surface area (Å²) in [5.41, 5.74) is 1.87. The number of aliphatic carboxylic acids is 1. The monoisotopic (exact) mass is 355 g/mol. The van der Waals surface area contributed by atoms with Crippen molar-refractivity contribution in [1.29, 1.82) is 0 Å². The predicted molar refractivity (Wildman–Crippen MR) is 96.9 cm³/mol. The maximum Gasteiger partial charge on any atom is 0.317 e. The molecule has 1 aromatic carbocycles. The lowest BCUT2D eigenvalue weighted by Gasteiger charge is -2.42. The molecule has 1 heterocycles. The van der Waals surface area contributed by atoms with Crippen molar-refractivity contribution in [3.8, 4) is 5.69 Å². The lowest BCUT2D eigenvalue weighted by Crippen LogP contribution is -2.54. The molecule has 0 amide bonds. The summed E-state index contributed by atoms with van der Waals surface area (Å²) >= 11 is 0. The van der Waals surface area contributed by atoms with Gasteiger partial charge < -0.3 is 10.4 Å². The molecule has 0 bridgehead atoms. The molecular formula is C19H25N5O2. The van der Waals surface area contributed by atoms with Crippen LogP contribution in [0.1, 0.15) is 31.4 Å².